The van der Waals surface area contributed by atoms with Gasteiger partial charge in [-0.3, -0.25) is 0 Å². The predicted octanol–water partition coefficient (Wildman–Crippen LogP) is 1.69. The van der Waals surface area contributed by atoms with Gasteiger partial charge in [0.25, 0.3) is 0 Å². The minimum absolute atomic E-state index is 0.306. The molecule has 2 aliphatic rings. The summed E-state index contributed by atoms with van der Waals surface area (Å²) in [5.41, 5.74) is 2.65. The lowest BCUT2D eigenvalue weighted by Crippen LogP contribution is -3.13. The number of benzene rings is 2. The number of fused-ring (bicyclic) bond motifs is 1. The van der Waals surface area contributed by atoms with Gasteiger partial charge in [-0.1, -0.05) is 0 Å². The van der Waals surface area contributed by atoms with Crippen LogP contribution in [0.4, 0.5) is 5.69 Å². The first-order valence-corrected chi connectivity index (χ1v) is 10.6. The zero-order chi connectivity index (χ0) is 20.9. The van der Waals surface area contributed by atoms with Gasteiger partial charge in [-0.05, 0) is 61.6 Å². The quantitative estimate of drug-likeness (QED) is 0.555. The molecule has 0 aromatic heterocycles. The van der Waals surface area contributed by atoms with Gasteiger partial charge in [0.2, 0.25) is 6.79 Å². The second-order valence-electron chi connectivity index (χ2n) is 7.33. The fourth-order valence-corrected chi connectivity index (χ4v) is 3.95. The van der Waals surface area contributed by atoms with Crippen molar-refractivity contribution in [2.24, 2.45) is 0 Å². The smallest absolute Gasteiger partial charge is 0.338 e. The average molecular weight is 429 g/mol. The maximum absolute atomic E-state index is 11.8. The van der Waals surface area contributed by atoms with E-state index in [1.807, 2.05) is 18.2 Å². The molecule has 1 fully saturated rings. The van der Waals surface area contributed by atoms with Gasteiger partial charge >= 0.3 is 5.97 Å². The molecule has 2 aromatic rings. The van der Waals surface area contributed by atoms with E-state index in [9.17, 15) is 4.79 Å². The van der Waals surface area contributed by atoms with Crippen LogP contribution in [-0.2, 0) is 11.3 Å². The first-order valence-electron chi connectivity index (χ1n) is 10.2. The lowest BCUT2D eigenvalue weighted by atomic mass is 10.1. The molecule has 2 N–H and O–H groups in total. The number of anilines is 1. The van der Waals surface area contributed by atoms with Gasteiger partial charge in [-0.25, -0.2) is 4.79 Å². The number of carbonyl (C=O) groups is 1. The lowest BCUT2D eigenvalue weighted by Gasteiger charge is -2.34. The van der Waals surface area contributed by atoms with E-state index in [-0.39, 0.29) is 5.97 Å². The van der Waals surface area contributed by atoms with E-state index in [1.54, 1.807) is 19.1 Å². The summed E-state index contributed by atoms with van der Waals surface area (Å²) in [6, 6.07) is 13.4. The molecule has 0 saturated carbocycles. The molecule has 0 bridgehead atoms. The van der Waals surface area contributed by atoms with Gasteiger partial charge < -0.3 is 29.3 Å². The summed E-state index contributed by atoms with van der Waals surface area (Å²) in [6.07, 6.45) is 0. The highest BCUT2D eigenvalue weighted by Gasteiger charge is 2.23. The summed E-state index contributed by atoms with van der Waals surface area (Å²) < 4.78 is 15.9. The third-order valence-corrected chi connectivity index (χ3v) is 5.66. The van der Waals surface area contributed by atoms with Gasteiger partial charge in [0.1, 0.15) is 6.54 Å². The Morgan fingerprint density at radius 2 is 1.87 bits per heavy atom. The maximum Gasteiger partial charge on any atom is 0.338 e. The van der Waals surface area contributed by atoms with E-state index in [2.05, 4.69) is 22.3 Å². The molecule has 1 saturated heterocycles. The fourth-order valence-electron chi connectivity index (χ4n) is 3.65. The van der Waals surface area contributed by atoms with E-state index < -0.39 is 0 Å². The normalized spacial score (nSPS) is 15.7. The Bertz CT molecular complexity index is 911. The van der Waals surface area contributed by atoms with Crippen LogP contribution in [0.25, 0.3) is 0 Å². The number of esters is 1. The Kier molecular flexibility index (Phi) is 6.35. The Hall–Kier alpha value is -2.84. The van der Waals surface area contributed by atoms with Crippen molar-refractivity contribution < 1.29 is 23.9 Å². The number of hydrogen-bond acceptors (Lipinski definition) is 5. The number of nitrogens with zero attached hydrogens (tertiary/aromatic N) is 1. The van der Waals surface area contributed by atoms with Crippen LogP contribution in [0.2, 0.25) is 0 Å². The highest BCUT2D eigenvalue weighted by molar-refractivity contribution is 7.80. The number of quaternary nitrogens is 1. The molecule has 8 heteroatoms. The minimum atomic E-state index is -0.312. The summed E-state index contributed by atoms with van der Waals surface area (Å²) in [7, 11) is 0. The standard InChI is InChI=1S/C22H25N3O4S/c1-2-27-21(26)17-4-6-18(7-5-17)23-22(30)25-11-9-24(10-12-25)14-16-3-8-19-20(13-16)29-15-28-19/h3-8,13H,2,9-12,14-15H2,1H3,(H,23,30)/p+1. The highest BCUT2D eigenvalue weighted by Crippen LogP contribution is 2.32. The molecule has 2 heterocycles. The first kappa shape index (κ1) is 20.4. The van der Waals surface area contributed by atoms with Gasteiger partial charge in [0.05, 0.1) is 38.3 Å². The number of thiocarbonyl (C=S) groups is 1. The molecular formula is C22H26N3O4S+. The second-order valence-corrected chi connectivity index (χ2v) is 7.72. The molecule has 2 aromatic carbocycles. The first-order chi connectivity index (χ1) is 14.6. The van der Waals surface area contributed by atoms with E-state index in [0.717, 1.165) is 49.9 Å². The SMILES string of the molecule is CCOC(=O)c1ccc(NC(=S)N2CC[NH+](Cc3ccc4c(c3)OCO4)CC2)cc1. The van der Waals surface area contributed by atoms with Crippen LogP contribution in [0.1, 0.15) is 22.8 Å². The van der Waals surface area contributed by atoms with Crippen molar-refractivity contribution in [3.8, 4) is 11.5 Å². The number of hydrogen-bond donors (Lipinski definition) is 2. The number of ether oxygens (including phenoxy) is 3. The van der Waals surface area contributed by atoms with Gasteiger partial charge in [0, 0.05) is 11.3 Å². The average Bonchev–Trinajstić information content (AvgIpc) is 3.23. The number of rotatable bonds is 5. The third kappa shape index (κ3) is 4.83. The Balaban J connectivity index is 1.25. The summed E-state index contributed by atoms with van der Waals surface area (Å²) >= 11 is 5.59. The molecule has 2 aliphatic heterocycles. The second kappa shape index (κ2) is 9.32. The number of carbonyl (C=O) groups excluding carboxylic acids is 1. The van der Waals surface area contributed by atoms with Crippen molar-refractivity contribution in [2.75, 3.05) is 44.9 Å². The minimum Gasteiger partial charge on any atom is -0.462 e. The van der Waals surface area contributed by atoms with Crippen molar-refractivity contribution in [3.05, 3.63) is 53.6 Å². The maximum atomic E-state index is 11.8. The van der Waals surface area contributed by atoms with Crippen LogP contribution in [0.3, 0.4) is 0 Å². The van der Waals surface area contributed by atoms with Crippen LogP contribution in [0.15, 0.2) is 42.5 Å². The molecule has 4 rings (SSSR count). The summed E-state index contributed by atoms with van der Waals surface area (Å²) in [6.45, 7) is 7.24. The van der Waals surface area contributed by atoms with Crippen LogP contribution in [0.5, 0.6) is 11.5 Å². The highest BCUT2D eigenvalue weighted by atomic mass is 32.1. The van der Waals surface area contributed by atoms with Crippen molar-refractivity contribution in [2.45, 2.75) is 13.5 Å². The van der Waals surface area contributed by atoms with Crippen molar-refractivity contribution in [1.29, 1.82) is 0 Å². The molecule has 0 aliphatic carbocycles. The molecule has 7 nitrogen and oxygen atoms in total. The van der Waals surface area contributed by atoms with Crippen LogP contribution >= 0.6 is 12.2 Å². The Morgan fingerprint density at radius 1 is 1.13 bits per heavy atom. The van der Waals surface area contributed by atoms with Crippen molar-refractivity contribution in [3.63, 3.8) is 0 Å². The number of piperazine rings is 1. The predicted molar refractivity (Wildman–Crippen MR) is 117 cm³/mol. The van der Waals surface area contributed by atoms with Crippen molar-refractivity contribution >= 4 is 29.0 Å². The van der Waals surface area contributed by atoms with E-state index in [0.29, 0.717) is 24.1 Å². The summed E-state index contributed by atoms with van der Waals surface area (Å²) in [4.78, 5) is 15.5. The van der Waals surface area contributed by atoms with Gasteiger partial charge in [0.15, 0.2) is 16.6 Å². The van der Waals surface area contributed by atoms with Crippen LogP contribution in [0, 0.1) is 0 Å². The molecule has 0 radical (unpaired) electrons. The van der Waals surface area contributed by atoms with E-state index >= 15 is 0 Å². The van der Waals surface area contributed by atoms with Crippen molar-refractivity contribution in [1.82, 2.24) is 4.90 Å². The van der Waals surface area contributed by atoms with Gasteiger partial charge in [-0.2, -0.15) is 0 Å². The largest absolute Gasteiger partial charge is 0.462 e. The summed E-state index contributed by atoms with van der Waals surface area (Å²) in [5.74, 6) is 1.35. The van der Waals surface area contributed by atoms with E-state index in [1.165, 1.54) is 10.5 Å². The topological polar surface area (TPSA) is 64.5 Å². The lowest BCUT2D eigenvalue weighted by molar-refractivity contribution is -0.917. The monoisotopic (exact) mass is 428 g/mol. The zero-order valence-corrected chi connectivity index (χ0v) is 17.8. The molecule has 158 valence electrons. The zero-order valence-electron chi connectivity index (χ0n) is 17.0. The van der Waals surface area contributed by atoms with E-state index in [4.69, 9.17) is 26.4 Å². The molecule has 0 unspecified atom stereocenters. The molecule has 0 spiro atoms. The molecule has 30 heavy (non-hydrogen) atoms. The Morgan fingerprint density at radius 3 is 2.60 bits per heavy atom. The molecule has 0 atom stereocenters. The molecule has 0 amide bonds. The summed E-state index contributed by atoms with van der Waals surface area (Å²) in [5, 5.41) is 3.98. The Labute approximate surface area is 181 Å². The van der Waals surface area contributed by atoms with Crippen LogP contribution < -0.4 is 19.7 Å². The van der Waals surface area contributed by atoms with Crippen LogP contribution in [-0.4, -0.2) is 55.6 Å². The fraction of sp³-hybridized carbons (Fsp3) is 0.364. The third-order valence-electron chi connectivity index (χ3n) is 5.30. The molecular weight excluding hydrogens is 402 g/mol. The van der Waals surface area contributed by atoms with Gasteiger partial charge in [-0.15, -0.1) is 0 Å². The number of nitrogens with one attached hydrogen (secondary N) is 2.